The number of amides is 2. The highest BCUT2D eigenvalue weighted by Gasteiger charge is 2.50. The van der Waals surface area contributed by atoms with Crippen molar-refractivity contribution < 1.29 is 23.9 Å². The number of fused-ring (bicyclic) bond motifs is 3. The number of hydrogen-bond donors (Lipinski definition) is 0. The van der Waals surface area contributed by atoms with Crippen molar-refractivity contribution in [2.24, 2.45) is 0 Å². The fourth-order valence-electron chi connectivity index (χ4n) is 2.99. The second kappa shape index (κ2) is 3.97. The minimum atomic E-state index is -0.827. The molecule has 0 N–H and O–H groups in total. The number of carbonyl (C=O) groups is 3. The molecular weight excluding hydrogens is 262 g/mol. The van der Waals surface area contributed by atoms with Gasteiger partial charge in [-0.05, 0) is 12.1 Å². The van der Waals surface area contributed by atoms with Crippen molar-refractivity contribution in [2.45, 2.75) is 24.9 Å². The lowest BCUT2D eigenvalue weighted by Crippen LogP contribution is -2.52. The molecule has 4 rings (SSSR count). The molecule has 1 aromatic rings. The van der Waals surface area contributed by atoms with Gasteiger partial charge < -0.3 is 9.47 Å². The highest BCUT2D eigenvalue weighted by molar-refractivity contribution is 6.21. The molecular formula is C14H11NO5. The summed E-state index contributed by atoms with van der Waals surface area (Å²) in [6.07, 6.45) is -1.15. The molecule has 3 aliphatic heterocycles. The molecule has 3 aliphatic rings. The Kier molecular flexibility index (Phi) is 2.33. The maximum absolute atomic E-state index is 12.4. The van der Waals surface area contributed by atoms with Gasteiger partial charge in [-0.1, -0.05) is 12.1 Å². The van der Waals surface area contributed by atoms with Crippen LogP contribution >= 0.6 is 0 Å². The normalized spacial score (nSPS) is 31.9. The van der Waals surface area contributed by atoms with E-state index in [1.165, 1.54) is 0 Å². The highest BCUT2D eigenvalue weighted by Crippen LogP contribution is 2.33. The second-order valence-corrected chi connectivity index (χ2v) is 5.10. The largest absolute Gasteiger partial charge is 0.343 e. The topological polar surface area (TPSA) is 72.9 Å². The average Bonchev–Trinajstić information content (AvgIpc) is 2.99. The molecule has 0 saturated carbocycles. The summed E-state index contributed by atoms with van der Waals surface area (Å²) in [5.74, 6) is -0.949. The molecule has 3 atom stereocenters. The number of rotatable bonds is 1. The Hall–Kier alpha value is -2.05. The van der Waals surface area contributed by atoms with E-state index in [9.17, 15) is 14.4 Å². The van der Waals surface area contributed by atoms with E-state index in [4.69, 9.17) is 9.47 Å². The summed E-state index contributed by atoms with van der Waals surface area (Å²) in [6, 6.07) is 6.09. The van der Waals surface area contributed by atoms with E-state index in [0.29, 0.717) is 11.1 Å². The molecule has 6 nitrogen and oxygen atoms in total. The van der Waals surface area contributed by atoms with E-state index in [0.717, 1.165) is 4.90 Å². The zero-order valence-corrected chi connectivity index (χ0v) is 10.4. The van der Waals surface area contributed by atoms with Crippen LogP contribution in [0.1, 0.15) is 27.1 Å². The number of nitrogens with zero attached hydrogens (tertiary/aromatic N) is 1. The number of ketones is 1. The van der Waals surface area contributed by atoms with Gasteiger partial charge in [-0.3, -0.25) is 19.3 Å². The quantitative estimate of drug-likeness (QED) is 0.691. The van der Waals surface area contributed by atoms with E-state index in [2.05, 4.69) is 0 Å². The second-order valence-electron chi connectivity index (χ2n) is 5.10. The minimum Gasteiger partial charge on any atom is -0.343 e. The van der Waals surface area contributed by atoms with Crippen LogP contribution in [-0.4, -0.2) is 47.5 Å². The molecule has 20 heavy (non-hydrogen) atoms. The molecule has 2 bridgehead atoms. The Balaban J connectivity index is 1.72. The van der Waals surface area contributed by atoms with Gasteiger partial charge in [0.2, 0.25) is 6.29 Å². The van der Waals surface area contributed by atoms with Crippen LogP contribution in [0.2, 0.25) is 0 Å². The first-order valence-electron chi connectivity index (χ1n) is 6.43. The van der Waals surface area contributed by atoms with Crippen LogP contribution < -0.4 is 0 Å². The SMILES string of the molecule is O=C1C[C@@H](N2C(=O)c3ccccc3C2=O)[C@@H]2CO[C@H]1O2. The van der Waals surface area contributed by atoms with Gasteiger partial charge in [0, 0.05) is 6.42 Å². The lowest BCUT2D eigenvalue weighted by molar-refractivity contribution is -0.156. The van der Waals surface area contributed by atoms with Crippen molar-refractivity contribution in [2.75, 3.05) is 6.61 Å². The van der Waals surface area contributed by atoms with Crippen molar-refractivity contribution in [3.05, 3.63) is 35.4 Å². The first-order chi connectivity index (χ1) is 9.66. The average molecular weight is 273 g/mol. The number of imide groups is 1. The van der Waals surface area contributed by atoms with Gasteiger partial charge in [0.05, 0.1) is 23.8 Å². The van der Waals surface area contributed by atoms with Gasteiger partial charge >= 0.3 is 0 Å². The van der Waals surface area contributed by atoms with E-state index in [1.807, 2.05) is 0 Å². The number of Topliss-reactive ketones (excluding diaryl/α,β-unsaturated/α-hetero) is 1. The lowest BCUT2D eigenvalue weighted by atomic mass is 10.0. The number of benzene rings is 1. The summed E-state index contributed by atoms with van der Waals surface area (Å²) in [4.78, 5) is 37.7. The molecule has 2 amide bonds. The number of carbonyl (C=O) groups excluding carboxylic acids is 3. The molecule has 1 aromatic carbocycles. The zero-order valence-electron chi connectivity index (χ0n) is 10.4. The van der Waals surface area contributed by atoms with E-state index < -0.39 is 18.4 Å². The van der Waals surface area contributed by atoms with E-state index >= 15 is 0 Å². The third kappa shape index (κ3) is 1.43. The van der Waals surface area contributed by atoms with Crippen LogP contribution in [0.4, 0.5) is 0 Å². The van der Waals surface area contributed by atoms with Crippen LogP contribution in [0, 0.1) is 0 Å². The molecule has 102 valence electrons. The molecule has 2 saturated heterocycles. The van der Waals surface area contributed by atoms with Gasteiger partial charge in [0.25, 0.3) is 11.8 Å². The Bertz CT molecular complexity index is 605. The van der Waals surface area contributed by atoms with E-state index in [1.54, 1.807) is 24.3 Å². The molecule has 0 spiro atoms. The Morgan fingerprint density at radius 3 is 2.35 bits per heavy atom. The van der Waals surface area contributed by atoms with Crippen LogP contribution in [0.5, 0.6) is 0 Å². The van der Waals surface area contributed by atoms with Crippen LogP contribution in [0.15, 0.2) is 24.3 Å². The van der Waals surface area contributed by atoms with Crippen LogP contribution in [0.25, 0.3) is 0 Å². The summed E-state index contributed by atoms with van der Waals surface area (Å²) in [5, 5.41) is 0. The summed E-state index contributed by atoms with van der Waals surface area (Å²) in [5.41, 5.74) is 0.761. The van der Waals surface area contributed by atoms with Gasteiger partial charge in [-0.25, -0.2) is 0 Å². The molecule has 3 heterocycles. The minimum absolute atomic E-state index is 0.0980. The third-order valence-electron chi connectivity index (χ3n) is 3.97. The smallest absolute Gasteiger partial charge is 0.261 e. The molecule has 2 fully saturated rings. The lowest BCUT2D eigenvalue weighted by Gasteiger charge is -2.32. The Morgan fingerprint density at radius 1 is 1.05 bits per heavy atom. The molecule has 0 aliphatic carbocycles. The van der Waals surface area contributed by atoms with Gasteiger partial charge in [0.1, 0.15) is 6.10 Å². The molecule has 6 heteroatoms. The third-order valence-corrected chi connectivity index (χ3v) is 3.97. The predicted octanol–water partition coefficient (Wildman–Crippen LogP) is 0.366. The van der Waals surface area contributed by atoms with Crippen molar-refractivity contribution in [3.8, 4) is 0 Å². The maximum Gasteiger partial charge on any atom is 0.261 e. The van der Waals surface area contributed by atoms with Crippen molar-refractivity contribution >= 4 is 17.6 Å². The van der Waals surface area contributed by atoms with Crippen molar-refractivity contribution in [3.63, 3.8) is 0 Å². The van der Waals surface area contributed by atoms with E-state index in [-0.39, 0.29) is 30.6 Å². The van der Waals surface area contributed by atoms with Crippen LogP contribution in [-0.2, 0) is 14.3 Å². The number of ether oxygens (including phenoxy) is 2. The van der Waals surface area contributed by atoms with Crippen molar-refractivity contribution in [1.29, 1.82) is 0 Å². The predicted molar refractivity (Wildman–Crippen MR) is 65.0 cm³/mol. The fourth-order valence-corrected chi connectivity index (χ4v) is 2.99. The van der Waals surface area contributed by atoms with Gasteiger partial charge in [0.15, 0.2) is 5.78 Å². The standard InChI is InChI=1S/C14H11NO5/c16-10-5-9(11-6-19-14(10)20-11)15-12(17)7-3-1-2-4-8(7)13(15)18/h1-4,9,11,14H,5-6H2/t9-,11+,14+/m1/s1. The zero-order chi connectivity index (χ0) is 13.9. The van der Waals surface area contributed by atoms with Gasteiger partial charge in [-0.2, -0.15) is 0 Å². The molecule has 0 aromatic heterocycles. The summed E-state index contributed by atoms with van der Waals surface area (Å²) >= 11 is 0. The monoisotopic (exact) mass is 273 g/mol. The maximum atomic E-state index is 12.4. The molecule has 0 unspecified atom stereocenters. The van der Waals surface area contributed by atoms with Crippen LogP contribution in [0.3, 0.4) is 0 Å². The number of hydrogen-bond acceptors (Lipinski definition) is 5. The summed E-state index contributed by atoms with van der Waals surface area (Å²) in [6.45, 7) is 0.231. The van der Waals surface area contributed by atoms with Gasteiger partial charge in [-0.15, -0.1) is 0 Å². The Morgan fingerprint density at radius 2 is 1.70 bits per heavy atom. The summed E-state index contributed by atoms with van der Waals surface area (Å²) < 4.78 is 10.6. The first kappa shape index (κ1) is 11.7. The summed E-state index contributed by atoms with van der Waals surface area (Å²) in [7, 11) is 0. The van der Waals surface area contributed by atoms with Crippen molar-refractivity contribution in [1.82, 2.24) is 4.90 Å². The fraction of sp³-hybridized carbons (Fsp3) is 0.357. The highest BCUT2D eigenvalue weighted by atomic mass is 16.7. The molecule has 0 radical (unpaired) electrons. The first-order valence-corrected chi connectivity index (χ1v) is 6.43. The Labute approximate surface area is 114 Å².